The van der Waals surface area contributed by atoms with E-state index in [1.54, 1.807) is 30.5 Å². The number of nitrogens with zero attached hydrogens (tertiary/aromatic N) is 4. The zero-order valence-electron chi connectivity index (χ0n) is 15.5. The van der Waals surface area contributed by atoms with Crippen LogP contribution in [0.3, 0.4) is 0 Å². The van der Waals surface area contributed by atoms with Crippen molar-refractivity contribution < 1.29 is 9.59 Å². The molecule has 0 fully saturated rings. The summed E-state index contributed by atoms with van der Waals surface area (Å²) in [5.74, 6) is 0.255. The Morgan fingerprint density at radius 3 is 2.18 bits per heavy atom. The second-order valence-corrected chi connectivity index (χ2v) is 7.27. The standard InChI is InChI=1S/C21H19ClN4O2/c1-24-12-11-23-19(24)18(14-7-9-15(22)10-8-14)25(2)13-26-20(27)16-5-3-4-6-17(16)21(26)28/h3-12,18H,13H2,1-2H3. The van der Waals surface area contributed by atoms with E-state index >= 15 is 0 Å². The van der Waals surface area contributed by atoms with Gasteiger partial charge in [0.25, 0.3) is 11.8 Å². The summed E-state index contributed by atoms with van der Waals surface area (Å²) in [6, 6.07) is 14.2. The maximum Gasteiger partial charge on any atom is 0.262 e. The van der Waals surface area contributed by atoms with Crippen LogP contribution in [-0.4, -0.2) is 44.9 Å². The van der Waals surface area contributed by atoms with Gasteiger partial charge in [-0.2, -0.15) is 0 Å². The van der Waals surface area contributed by atoms with Gasteiger partial charge in [-0.15, -0.1) is 0 Å². The average Bonchev–Trinajstić information content (AvgIpc) is 3.21. The second kappa shape index (κ2) is 7.22. The van der Waals surface area contributed by atoms with Crippen molar-refractivity contribution in [3.63, 3.8) is 0 Å². The van der Waals surface area contributed by atoms with E-state index in [4.69, 9.17) is 11.6 Å². The van der Waals surface area contributed by atoms with Crippen molar-refractivity contribution in [2.24, 2.45) is 7.05 Å². The molecule has 2 aromatic carbocycles. The molecule has 2 amide bonds. The molecule has 0 saturated carbocycles. The first kappa shape index (κ1) is 18.4. The predicted octanol–water partition coefficient (Wildman–Crippen LogP) is 3.35. The van der Waals surface area contributed by atoms with E-state index in [1.165, 1.54) is 4.90 Å². The summed E-state index contributed by atoms with van der Waals surface area (Å²) < 4.78 is 1.93. The number of aryl methyl sites for hydroxylation is 1. The van der Waals surface area contributed by atoms with Crippen molar-refractivity contribution in [3.05, 3.63) is 88.5 Å². The molecule has 0 bridgehead atoms. The van der Waals surface area contributed by atoms with Crippen LogP contribution in [0.2, 0.25) is 5.02 Å². The lowest BCUT2D eigenvalue weighted by Gasteiger charge is -2.31. The Bertz CT molecular complexity index is 1010. The second-order valence-electron chi connectivity index (χ2n) is 6.83. The Balaban J connectivity index is 1.66. The fraction of sp³-hybridized carbons (Fsp3) is 0.190. The maximum absolute atomic E-state index is 12.7. The van der Waals surface area contributed by atoms with Gasteiger partial charge in [-0.05, 0) is 36.9 Å². The number of imide groups is 1. The minimum atomic E-state index is -0.276. The lowest BCUT2D eigenvalue weighted by Crippen LogP contribution is -2.41. The molecule has 6 nitrogen and oxygen atoms in total. The average molecular weight is 395 g/mol. The third kappa shape index (κ3) is 3.10. The molecule has 0 aliphatic carbocycles. The molecule has 2 heterocycles. The van der Waals surface area contributed by atoms with Gasteiger partial charge >= 0.3 is 0 Å². The monoisotopic (exact) mass is 394 g/mol. The van der Waals surface area contributed by atoms with Crippen molar-refractivity contribution in [2.75, 3.05) is 13.7 Å². The highest BCUT2D eigenvalue weighted by atomic mass is 35.5. The molecule has 1 aliphatic heterocycles. The van der Waals surface area contributed by atoms with Gasteiger partial charge in [-0.3, -0.25) is 19.4 Å². The van der Waals surface area contributed by atoms with Crippen LogP contribution in [0.25, 0.3) is 0 Å². The Morgan fingerprint density at radius 2 is 1.64 bits per heavy atom. The molecular formula is C21H19ClN4O2. The van der Waals surface area contributed by atoms with Crippen molar-refractivity contribution in [1.29, 1.82) is 0 Å². The molecule has 0 saturated heterocycles. The van der Waals surface area contributed by atoms with Crippen LogP contribution in [0.5, 0.6) is 0 Å². The Morgan fingerprint density at radius 1 is 1.04 bits per heavy atom. The van der Waals surface area contributed by atoms with Crippen LogP contribution in [0.15, 0.2) is 60.9 Å². The normalized spacial score (nSPS) is 14.6. The van der Waals surface area contributed by atoms with Crippen LogP contribution in [-0.2, 0) is 7.05 Å². The van der Waals surface area contributed by atoms with Crippen molar-refractivity contribution in [3.8, 4) is 0 Å². The van der Waals surface area contributed by atoms with E-state index in [9.17, 15) is 9.59 Å². The Kier molecular flexibility index (Phi) is 4.75. The third-order valence-corrected chi connectivity index (χ3v) is 5.22. The smallest absolute Gasteiger partial charge is 0.262 e. The van der Waals surface area contributed by atoms with E-state index < -0.39 is 0 Å². The first-order valence-electron chi connectivity index (χ1n) is 8.85. The lowest BCUT2D eigenvalue weighted by atomic mass is 10.1. The minimum Gasteiger partial charge on any atom is -0.336 e. The highest BCUT2D eigenvalue weighted by Crippen LogP contribution is 2.29. The highest BCUT2D eigenvalue weighted by Gasteiger charge is 2.37. The molecule has 1 atom stereocenters. The van der Waals surface area contributed by atoms with Gasteiger partial charge in [0.2, 0.25) is 0 Å². The molecule has 3 aromatic rings. The lowest BCUT2D eigenvalue weighted by molar-refractivity contribution is 0.0535. The number of imidazole rings is 1. The van der Waals surface area contributed by atoms with Crippen molar-refractivity contribution in [2.45, 2.75) is 6.04 Å². The number of aromatic nitrogens is 2. The first-order valence-corrected chi connectivity index (χ1v) is 9.23. The molecule has 142 valence electrons. The number of benzene rings is 2. The van der Waals surface area contributed by atoms with Crippen LogP contribution >= 0.6 is 11.6 Å². The summed E-state index contributed by atoms with van der Waals surface area (Å²) in [6.45, 7) is 0.145. The summed E-state index contributed by atoms with van der Waals surface area (Å²) in [4.78, 5) is 33.2. The van der Waals surface area contributed by atoms with Gasteiger partial charge in [0.15, 0.2) is 0 Å². The van der Waals surface area contributed by atoms with E-state index in [1.807, 2.05) is 54.0 Å². The molecule has 7 heteroatoms. The molecule has 28 heavy (non-hydrogen) atoms. The van der Waals surface area contributed by atoms with Gasteiger partial charge < -0.3 is 4.57 Å². The Labute approximate surface area is 168 Å². The van der Waals surface area contributed by atoms with E-state index in [-0.39, 0.29) is 24.5 Å². The van der Waals surface area contributed by atoms with Crippen LogP contribution in [0.1, 0.15) is 38.1 Å². The molecule has 0 radical (unpaired) electrons. The summed E-state index contributed by atoms with van der Waals surface area (Å²) >= 11 is 6.05. The summed E-state index contributed by atoms with van der Waals surface area (Å²) in [6.07, 6.45) is 3.60. The van der Waals surface area contributed by atoms with Crippen LogP contribution in [0, 0.1) is 0 Å². The van der Waals surface area contributed by atoms with Gasteiger partial charge in [-0.1, -0.05) is 35.9 Å². The summed E-state index contributed by atoms with van der Waals surface area (Å²) in [5.41, 5.74) is 1.86. The zero-order valence-corrected chi connectivity index (χ0v) is 16.3. The SMILES string of the molecule is CN(CN1C(=O)c2ccccc2C1=O)C(c1ccc(Cl)cc1)c1nccn1C. The summed E-state index contributed by atoms with van der Waals surface area (Å²) in [7, 11) is 3.79. The largest absolute Gasteiger partial charge is 0.336 e. The molecule has 1 aromatic heterocycles. The molecule has 0 N–H and O–H groups in total. The van der Waals surface area contributed by atoms with Gasteiger partial charge in [0.1, 0.15) is 5.82 Å². The van der Waals surface area contributed by atoms with E-state index in [0.717, 1.165) is 11.4 Å². The fourth-order valence-corrected chi connectivity index (χ4v) is 3.68. The topological polar surface area (TPSA) is 58.4 Å². The quantitative estimate of drug-likeness (QED) is 0.623. The fourth-order valence-electron chi connectivity index (χ4n) is 3.56. The minimum absolute atomic E-state index is 0.145. The van der Waals surface area contributed by atoms with Crippen LogP contribution in [0.4, 0.5) is 0 Å². The van der Waals surface area contributed by atoms with Gasteiger partial charge in [-0.25, -0.2) is 4.98 Å². The number of carbonyl (C=O) groups excluding carboxylic acids is 2. The first-order chi connectivity index (χ1) is 13.5. The van der Waals surface area contributed by atoms with Crippen molar-refractivity contribution >= 4 is 23.4 Å². The molecule has 1 unspecified atom stereocenters. The third-order valence-electron chi connectivity index (χ3n) is 4.97. The number of fused-ring (bicyclic) bond motifs is 1. The van der Waals surface area contributed by atoms with Gasteiger partial charge in [0, 0.05) is 24.5 Å². The predicted molar refractivity (Wildman–Crippen MR) is 106 cm³/mol. The van der Waals surface area contributed by atoms with E-state index in [2.05, 4.69) is 4.98 Å². The zero-order chi connectivity index (χ0) is 19.8. The van der Waals surface area contributed by atoms with Crippen LogP contribution < -0.4 is 0 Å². The summed E-state index contributed by atoms with van der Waals surface area (Å²) in [5, 5.41) is 0.644. The molecule has 1 aliphatic rings. The maximum atomic E-state index is 12.7. The number of amides is 2. The number of rotatable bonds is 5. The van der Waals surface area contributed by atoms with Gasteiger partial charge in [0.05, 0.1) is 23.8 Å². The number of carbonyl (C=O) groups is 2. The number of hydrogen-bond donors (Lipinski definition) is 0. The highest BCUT2D eigenvalue weighted by molar-refractivity contribution is 6.30. The molecular weight excluding hydrogens is 376 g/mol. The molecule has 4 rings (SSSR count). The Hall–Kier alpha value is -2.96. The number of halogens is 1. The number of hydrogen-bond acceptors (Lipinski definition) is 4. The van der Waals surface area contributed by atoms with E-state index in [0.29, 0.717) is 16.1 Å². The molecule has 0 spiro atoms. The van der Waals surface area contributed by atoms with Crippen molar-refractivity contribution in [1.82, 2.24) is 19.4 Å².